The minimum atomic E-state index is -1.29. The van der Waals surface area contributed by atoms with Crippen LogP contribution < -0.4 is 44.6 Å². The number of rotatable bonds is 21. The number of hydrogen-bond donors (Lipinski definition) is 8. The lowest BCUT2D eigenvalue weighted by molar-refractivity contribution is -0.149. The van der Waals surface area contributed by atoms with Crippen molar-refractivity contribution < 1.29 is 28.8 Å². The van der Waals surface area contributed by atoms with Crippen LogP contribution in [0.15, 0.2) is 70.7 Å². The van der Waals surface area contributed by atoms with Crippen LogP contribution >= 0.6 is 0 Å². The molecule has 59 heavy (non-hydrogen) atoms. The highest BCUT2D eigenvalue weighted by Crippen LogP contribution is 2.29. The van der Waals surface area contributed by atoms with Gasteiger partial charge in [0.25, 0.3) is 5.91 Å². The third-order valence-electron chi connectivity index (χ3n) is 9.90. The fourth-order valence-corrected chi connectivity index (χ4v) is 7.01. The number of nitrogens with one attached hydrogen (secondary N) is 3. The van der Waals surface area contributed by atoms with Gasteiger partial charge in [-0.15, -0.1) is 0 Å². The molecular formula is C42H61N11O6. The molecule has 1 fully saturated rings. The van der Waals surface area contributed by atoms with Crippen LogP contribution in [0.25, 0.3) is 6.08 Å². The summed E-state index contributed by atoms with van der Waals surface area (Å²) in [5.41, 5.74) is 29.3. The third-order valence-corrected chi connectivity index (χ3v) is 9.90. The zero-order chi connectivity index (χ0) is 43.5. The summed E-state index contributed by atoms with van der Waals surface area (Å²) < 4.78 is 0. The molecule has 1 aliphatic carbocycles. The second-order valence-electron chi connectivity index (χ2n) is 15.3. The van der Waals surface area contributed by atoms with Gasteiger partial charge in [-0.25, -0.2) is 4.99 Å². The van der Waals surface area contributed by atoms with Crippen LogP contribution in [-0.2, 0) is 35.2 Å². The highest BCUT2D eigenvalue weighted by atomic mass is 16.2. The maximum atomic E-state index is 14.5. The minimum absolute atomic E-state index is 0.0531. The average molecular weight is 816 g/mol. The Balaban J connectivity index is 1.98. The van der Waals surface area contributed by atoms with Crippen LogP contribution in [0.2, 0.25) is 0 Å². The molecule has 2 aromatic rings. The maximum Gasteiger partial charge on any atom is 0.253 e. The average Bonchev–Trinajstić information content (AvgIpc) is 3.18. The van der Waals surface area contributed by atoms with Crippen LogP contribution in [0, 0.1) is 11.8 Å². The minimum Gasteiger partial charge on any atom is -0.370 e. The number of nitrogens with two attached hydrogens (primary N) is 5. The van der Waals surface area contributed by atoms with Crippen molar-refractivity contribution in [3.63, 3.8) is 0 Å². The molecule has 0 heterocycles. The topological polar surface area (TPSA) is 297 Å². The monoisotopic (exact) mass is 815 g/mol. The van der Waals surface area contributed by atoms with E-state index >= 15 is 0 Å². The Morgan fingerprint density at radius 1 is 0.780 bits per heavy atom. The normalized spacial score (nSPS) is 14.9. The van der Waals surface area contributed by atoms with Crippen molar-refractivity contribution in [1.82, 2.24) is 20.9 Å². The molecule has 320 valence electrons. The molecule has 0 aromatic heterocycles. The highest BCUT2D eigenvalue weighted by Gasteiger charge is 2.37. The molecule has 17 heteroatoms. The molecule has 0 bridgehead atoms. The molecule has 4 atom stereocenters. The van der Waals surface area contributed by atoms with Crippen LogP contribution in [0.3, 0.4) is 0 Å². The van der Waals surface area contributed by atoms with Crippen LogP contribution in [0.5, 0.6) is 0 Å². The van der Waals surface area contributed by atoms with Crippen molar-refractivity contribution in [3.05, 3.63) is 71.8 Å². The molecule has 13 N–H and O–H groups in total. The highest BCUT2D eigenvalue weighted by molar-refractivity contribution is 6.06. The number of guanidine groups is 2. The summed E-state index contributed by atoms with van der Waals surface area (Å²) in [6, 6.07) is 11.0. The predicted molar refractivity (Wildman–Crippen MR) is 228 cm³/mol. The zero-order valence-electron chi connectivity index (χ0n) is 34.3. The molecule has 0 radical (unpaired) electrons. The lowest BCUT2D eigenvalue weighted by Gasteiger charge is -2.33. The Morgan fingerprint density at radius 2 is 1.39 bits per heavy atom. The van der Waals surface area contributed by atoms with Gasteiger partial charge in [-0.1, -0.05) is 88.4 Å². The number of benzene rings is 2. The molecule has 0 aliphatic heterocycles. The number of carbonyl (C=O) groups is 6. The number of aliphatic imine (C=N–C) groups is 2. The summed E-state index contributed by atoms with van der Waals surface area (Å²) in [6.07, 6.45) is 8.24. The number of amides is 6. The molecule has 17 nitrogen and oxygen atoms in total. The van der Waals surface area contributed by atoms with E-state index in [1.165, 1.54) is 13.0 Å². The fraction of sp³-hybridized carbons (Fsp3) is 0.476. The van der Waals surface area contributed by atoms with E-state index in [4.69, 9.17) is 28.7 Å². The standard InChI is InChI=1S/C42H61N11O6/c1-26(2)23-33(38(57)50-32(37(43)56)15-10-22-48-41(44)45)51-39(58)34(24-30-16-19-31(20-17-30)49-42(46)47)52-40(59)35(25-29-13-8-5-9-14-29)53(27(3)54)36(55)21-18-28-11-6-4-7-12-28/h4,6-7,11-12,16-21,26,29,32-35H,5,8-10,13-15,22-25H2,1-3H3,(H2,43,56)(H,50,57)(H,51,58)(H,52,59)(H4,44,45,48)(H4,46,47,49)/b21-18+/t32-,33-,34-,35+/m0/s1. The Labute approximate surface area is 346 Å². The van der Waals surface area contributed by atoms with Crippen molar-refractivity contribution in [2.75, 3.05) is 6.54 Å². The lowest BCUT2D eigenvalue weighted by atomic mass is 9.84. The first kappa shape index (κ1) is 47.1. The van der Waals surface area contributed by atoms with Crippen molar-refractivity contribution >= 4 is 59.1 Å². The van der Waals surface area contributed by atoms with Gasteiger partial charge in [0.15, 0.2) is 11.9 Å². The number of carbonyl (C=O) groups excluding carboxylic acids is 6. The summed E-state index contributed by atoms with van der Waals surface area (Å²) >= 11 is 0. The second-order valence-corrected chi connectivity index (χ2v) is 15.3. The molecule has 0 spiro atoms. The molecule has 1 saturated carbocycles. The molecular weight excluding hydrogens is 755 g/mol. The van der Waals surface area contributed by atoms with E-state index < -0.39 is 59.6 Å². The van der Waals surface area contributed by atoms with E-state index in [0.717, 1.165) is 42.6 Å². The lowest BCUT2D eigenvalue weighted by Crippen LogP contribution is -2.59. The quantitative estimate of drug-likeness (QED) is 0.0390. The summed E-state index contributed by atoms with van der Waals surface area (Å²) in [6.45, 7) is 5.16. The van der Waals surface area contributed by atoms with Gasteiger partial charge in [0, 0.05) is 26.0 Å². The Kier molecular flexibility index (Phi) is 19.0. The van der Waals surface area contributed by atoms with E-state index in [0.29, 0.717) is 17.7 Å². The van der Waals surface area contributed by atoms with E-state index in [9.17, 15) is 28.8 Å². The summed E-state index contributed by atoms with van der Waals surface area (Å²) in [4.78, 5) is 90.9. The first-order valence-corrected chi connectivity index (χ1v) is 20.0. The van der Waals surface area contributed by atoms with Crippen molar-refractivity contribution in [1.29, 1.82) is 0 Å². The number of imide groups is 1. The van der Waals surface area contributed by atoms with Gasteiger partial charge in [0.2, 0.25) is 29.5 Å². The fourth-order valence-electron chi connectivity index (χ4n) is 7.01. The van der Waals surface area contributed by atoms with Gasteiger partial charge in [-0.2, -0.15) is 0 Å². The predicted octanol–water partition coefficient (Wildman–Crippen LogP) is 1.60. The van der Waals surface area contributed by atoms with Gasteiger partial charge in [-0.05, 0) is 66.9 Å². The number of primary amides is 1. The van der Waals surface area contributed by atoms with Gasteiger partial charge in [-0.3, -0.25) is 38.7 Å². The third kappa shape index (κ3) is 16.6. The second kappa shape index (κ2) is 23.8. The number of hydrogen-bond acceptors (Lipinski definition) is 8. The smallest absolute Gasteiger partial charge is 0.253 e. The molecule has 0 unspecified atom stereocenters. The summed E-state index contributed by atoms with van der Waals surface area (Å²) in [7, 11) is 0. The Bertz CT molecular complexity index is 1820. The van der Waals surface area contributed by atoms with Crippen molar-refractivity contribution in [3.8, 4) is 0 Å². The molecule has 2 aromatic carbocycles. The Morgan fingerprint density at radius 3 is 1.97 bits per heavy atom. The van der Waals surface area contributed by atoms with Crippen molar-refractivity contribution in [2.45, 2.75) is 109 Å². The van der Waals surface area contributed by atoms with Gasteiger partial charge >= 0.3 is 0 Å². The van der Waals surface area contributed by atoms with Crippen LogP contribution in [0.1, 0.15) is 89.7 Å². The molecule has 0 saturated heterocycles. The largest absolute Gasteiger partial charge is 0.370 e. The van der Waals surface area contributed by atoms with Gasteiger partial charge in [0.05, 0.1) is 5.69 Å². The SMILES string of the molecule is CC(=O)N(C(=O)/C=C/c1ccccc1)[C@H](CC1CCCCC1)C(=O)N[C@@H](Cc1ccc(N=C(N)N)cc1)C(=O)N[C@@H](CC(C)C)C(=O)N[C@@H](CCCN=C(N)N)C(N)=O. The molecule has 1 aliphatic rings. The first-order chi connectivity index (χ1) is 28.0. The van der Waals surface area contributed by atoms with E-state index in [1.54, 1.807) is 42.5 Å². The van der Waals surface area contributed by atoms with Crippen LogP contribution in [0.4, 0.5) is 5.69 Å². The Hall–Kier alpha value is -6.26. The zero-order valence-corrected chi connectivity index (χ0v) is 34.3. The van der Waals surface area contributed by atoms with Gasteiger partial charge < -0.3 is 44.6 Å². The van der Waals surface area contributed by atoms with E-state index in [2.05, 4.69) is 25.9 Å². The number of nitrogens with zero attached hydrogens (tertiary/aromatic N) is 3. The van der Waals surface area contributed by atoms with E-state index in [1.807, 2.05) is 32.0 Å². The molecule has 6 amide bonds. The maximum absolute atomic E-state index is 14.5. The van der Waals surface area contributed by atoms with E-state index in [-0.39, 0.29) is 56.0 Å². The summed E-state index contributed by atoms with van der Waals surface area (Å²) in [5, 5.41) is 8.27. The van der Waals surface area contributed by atoms with Crippen LogP contribution in [-0.4, -0.2) is 83.0 Å². The first-order valence-electron chi connectivity index (χ1n) is 20.0. The van der Waals surface area contributed by atoms with Gasteiger partial charge in [0.1, 0.15) is 24.2 Å². The summed E-state index contributed by atoms with van der Waals surface area (Å²) in [5.74, 6) is -4.44. The van der Waals surface area contributed by atoms with Crippen molar-refractivity contribution in [2.24, 2.45) is 50.5 Å². The molecule has 3 rings (SSSR count).